The monoisotopic (exact) mass is 460 g/mol. The van der Waals surface area contributed by atoms with E-state index < -0.39 is 0 Å². The molecule has 1 heterocycles. The fourth-order valence-electron chi connectivity index (χ4n) is 4.33. The minimum absolute atomic E-state index is 0.00170. The number of benzene rings is 2. The number of rotatable bonds is 10. The first-order chi connectivity index (χ1) is 16.0. The molecule has 2 aromatic carbocycles. The van der Waals surface area contributed by atoms with E-state index in [0.29, 0.717) is 25.6 Å². The average Bonchev–Trinajstić information content (AvgIpc) is 3.46. The van der Waals surface area contributed by atoms with Crippen molar-refractivity contribution in [3.63, 3.8) is 0 Å². The SMILES string of the molecule is CC(C)CN(CC(=O)N(Cc1ccccc1)Cc1cccs1)C(=O)[C@H]1C[C@H]1c1ccccc1. The van der Waals surface area contributed by atoms with Crippen molar-refractivity contribution in [3.8, 4) is 0 Å². The highest BCUT2D eigenvalue weighted by molar-refractivity contribution is 7.09. The van der Waals surface area contributed by atoms with Gasteiger partial charge in [0, 0.05) is 23.9 Å². The Morgan fingerprint density at radius 2 is 1.61 bits per heavy atom. The van der Waals surface area contributed by atoms with Gasteiger partial charge in [-0.15, -0.1) is 11.3 Å². The minimum Gasteiger partial charge on any atom is -0.333 e. The molecule has 0 bridgehead atoms. The molecular weight excluding hydrogens is 428 g/mol. The highest BCUT2D eigenvalue weighted by Gasteiger charge is 2.46. The van der Waals surface area contributed by atoms with Crippen LogP contribution < -0.4 is 0 Å². The summed E-state index contributed by atoms with van der Waals surface area (Å²) in [5.74, 6) is 0.671. The van der Waals surface area contributed by atoms with Crippen molar-refractivity contribution in [1.29, 1.82) is 0 Å². The number of amides is 2. The predicted octanol–water partition coefficient (Wildman–Crippen LogP) is 5.57. The van der Waals surface area contributed by atoms with Gasteiger partial charge in [-0.25, -0.2) is 0 Å². The smallest absolute Gasteiger partial charge is 0.242 e. The van der Waals surface area contributed by atoms with Crippen LogP contribution in [0.2, 0.25) is 0 Å². The molecule has 1 fully saturated rings. The molecule has 2 atom stereocenters. The Morgan fingerprint density at radius 1 is 0.909 bits per heavy atom. The van der Waals surface area contributed by atoms with E-state index in [9.17, 15) is 9.59 Å². The third-order valence-electron chi connectivity index (χ3n) is 6.05. The Morgan fingerprint density at radius 3 is 2.24 bits per heavy atom. The van der Waals surface area contributed by atoms with Gasteiger partial charge in [0.25, 0.3) is 0 Å². The van der Waals surface area contributed by atoms with Crippen molar-refractivity contribution in [1.82, 2.24) is 9.80 Å². The van der Waals surface area contributed by atoms with Gasteiger partial charge in [0.15, 0.2) is 0 Å². The Balaban J connectivity index is 1.47. The van der Waals surface area contributed by atoms with Crippen LogP contribution in [-0.4, -0.2) is 34.7 Å². The third kappa shape index (κ3) is 6.32. The number of carbonyl (C=O) groups excluding carboxylic acids is 2. The van der Waals surface area contributed by atoms with Gasteiger partial charge in [0.1, 0.15) is 0 Å². The van der Waals surface area contributed by atoms with E-state index in [1.807, 2.05) is 64.9 Å². The first-order valence-electron chi connectivity index (χ1n) is 11.7. The van der Waals surface area contributed by atoms with Crippen molar-refractivity contribution in [2.24, 2.45) is 11.8 Å². The van der Waals surface area contributed by atoms with E-state index in [1.54, 1.807) is 16.2 Å². The lowest BCUT2D eigenvalue weighted by molar-refractivity contribution is -0.142. The molecule has 5 heteroatoms. The summed E-state index contributed by atoms with van der Waals surface area (Å²) >= 11 is 1.65. The number of carbonyl (C=O) groups is 2. The van der Waals surface area contributed by atoms with Gasteiger partial charge in [-0.2, -0.15) is 0 Å². The van der Waals surface area contributed by atoms with Gasteiger partial charge in [0.2, 0.25) is 11.8 Å². The zero-order chi connectivity index (χ0) is 23.2. The Labute approximate surface area is 200 Å². The molecule has 0 radical (unpaired) electrons. The summed E-state index contributed by atoms with van der Waals surface area (Å²) in [4.78, 5) is 31.7. The summed E-state index contributed by atoms with van der Waals surface area (Å²) in [5.41, 5.74) is 2.31. The van der Waals surface area contributed by atoms with Gasteiger partial charge in [-0.1, -0.05) is 80.6 Å². The molecule has 0 saturated heterocycles. The van der Waals surface area contributed by atoms with Crippen molar-refractivity contribution in [3.05, 3.63) is 94.2 Å². The van der Waals surface area contributed by atoms with Crippen LogP contribution in [0.25, 0.3) is 0 Å². The summed E-state index contributed by atoms with van der Waals surface area (Å²) in [7, 11) is 0. The predicted molar refractivity (Wildman–Crippen MR) is 134 cm³/mol. The molecule has 0 unspecified atom stereocenters. The van der Waals surface area contributed by atoms with E-state index >= 15 is 0 Å². The molecule has 0 aliphatic heterocycles. The Kier molecular flexibility index (Phi) is 7.61. The molecule has 1 aliphatic carbocycles. The Hall–Kier alpha value is -2.92. The lowest BCUT2D eigenvalue weighted by atomic mass is 10.1. The zero-order valence-corrected chi connectivity index (χ0v) is 20.2. The van der Waals surface area contributed by atoms with Crippen molar-refractivity contribution >= 4 is 23.2 Å². The molecule has 0 N–H and O–H groups in total. The largest absolute Gasteiger partial charge is 0.333 e. The maximum absolute atomic E-state index is 13.5. The molecule has 0 spiro atoms. The fraction of sp³-hybridized carbons (Fsp3) is 0.357. The highest BCUT2D eigenvalue weighted by Crippen LogP contribution is 2.48. The first kappa shape index (κ1) is 23.2. The second-order valence-corrected chi connectivity index (χ2v) is 10.3. The second-order valence-electron chi connectivity index (χ2n) is 9.29. The lowest BCUT2D eigenvalue weighted by Gasteiger charge is -2.29. The second kappa shape index (κ2) is 10.8. The van der Waals surface area contributed by atoms with E-state index in [-0.39, 0.29) is 30.2 Å². The summed E-state index contributed by atoms with van der Waals surface area (Å²) in [6.45, 7) is 6.02. The number of thiophene rings is 1. The van der Waals surface area contributed by atoms with Crippen LogP contribution in [0.3, 0.4) is 0 Å². The van der Waals surface area contributed by atoms with Gasteiger partial charge in [-0.3, -0.25) is 9.59 Å². The van der Waals surface area contributed by atoms with Crippen molar-refractivity contribution < 1.29 is 9.59 Å². The number of hydrogen-bond acceptors (Lipinski definition) is 3. The Bertz CT molecular complexity index is 1030. The van der Waals surface area contributed by atoms with Crippen LogP contribution in [0, 0.1) is 11.8 Å². The topological polar surface area (TPSA) is 40.6 Å². The molecule has 2 amide bonds. The van der Waals surface area contributed by atoms with Crippen LogP contribution in [0.15, 0.2) is 78.2 Å². The molecule has 4 rings (SSSR count). The molecular formula is C28H32N2O2S. The molecule has 3 aromatic rings. The quantitative estimate of drug-likeness (QED) is 0.397. The van der Waals surface area contributed by atoms with Gasteiger partial charge < -0.3 is 9.80 Å². The third-order valence-corrected chi connectivity index (χ3v) is 6.92. The van der Waals surface area contributed by atoms with E-state index in [0.717, 1.165) is 16.9 Å². The van der Waals surface area contributed by atoms with Crippen molar-refractivity contribution in [2.75, 3.05) is 13.1 Å². The van der Waals surface area contributed by atoms with Gasteiger partial charge >= 0.3 is 0 Å². The first-order valence-corrected chi connectivity index (χ1v) is 12.6. The molecule has 1 saturated carbocycles. The molecule has 172 valence electrons. The number of nitrogens with zero attached hydrogens (tertiary/aromatic N) is 2. The maximum atomic E-state index is 13.5. The molecule has 1 aromatic heterocycles. The van der Waals surface area contributed by atoms with Crippen LogP contribution in [0.5, 0.6) is 0 Å². The number of hydrogen-bond donors (Lipinski definition) is 0. The summed E-state index contributed by atoms with van der Waals surface area (Å²) < 4.78 is 0. The van der Waals surface area contributed by atoms with Crippen LogP contribution in [0.1, 0.15) is 42.2 Å². The van der Waals surface area contributed by atoms with E-state index in [2.05, 4.69) is 32.0 Å². The minimum atomic E-state index is -0.0150. The molecule has 4 nitrogen and oxygen atoms in total. The van der Waals surface area contributed by atoms with Gasteiger partial charge in [-0.05, 0) is 40.8 Å². The zero-order valence-electron chi connectivity index (χ0n) is 19.4. The van der Waals surface area contributed by atoms with Crippen LogP contribution in [0.4, 0.5) is 0 Å². The maximum Gasteiger partial charge on any atom is 0.242 e. The summed E-state index contributed by atoms with van der Waals surface area (Å²) in [5, 5.41) is 2.03. The summed E-state index contributed by atoms with van der Waals surface area (Å²) in [6.07, 6.45) is 0.870. The highest BCUT2D eigenvalue weighted by atomic mass is 32.1. The van der Waals surface area contributed by atoms with Crippen molar-refractivity contribution in [2.45, 2.75) is 39.3 Å². The fourth-order valence-corrected chi connectivity index (χ4v) is 5.05. The normalized spacial score (nSPS) is 17.1. The van der Waals surface area contributed by atoms with E-state index in [4.69, 9.17) is 0 Å². The molecule has 1 aliphatic rings. The molecule has 33 heavy (non-hydrogen) atoms. The lowest BCUT2D eigenvalue weighted by Crippen LogP contribution is -2.44. The standard InChI is InChI=1S/C28H32N2O2S/c1-21(2)17-30(28(32)26-16-25(26)23-12-7-4-8-13-23)20-27(31)29(19-24-14-9-15-33-24)18-22-10-5-3-6-11-22/h3-15,21,25-26H,16-20H2,1-2H3/t25-,26-/m0/s1. The van der Waals surface area contributed by atoms with Crippen LogP contribution >= 0.6 is 11.3 Å². The summed E-state index contributed by atoms with van der Waals surface area (Å²) in [6, 6.07) is 24.4. The van der Waals surface area contributed by atoms with Gasteiger partial charge in [0.05, 0.1) is 13.1 Å². The van der Waals surface area contributed by atoms with E-state index in [1.165, 1.54) is 5.56 Å². The average molecular weight is 461 g/mol. The van der Waals surface area contributed by atoms with Crippen LogP contribution in [-0.2, 0) is 22.7 Å².